The molecule has 1 atom stereocenters. The van der Waals surface area contributed by atoms with E-state index in [2.05, 4.69) is 5.32 Å². The van der Waals surface area contributed by atoms with Crippen molar-refractivity contribution in [1.29, 1.82) is 0 Å². The Morgan fingerprint density at radius 3 is 1.94 bits per heavy atom. The largest absolute Gasteiger partial charge is 0.497 e. The molecule has 0 radical (unpaired) electrons. The van der Waals surface area contributed by atoms with Gasteiger partial charge in [-0.1, -0.05) is 72.8 Å². The fourth-order valence-electron chi connectivity index (χ4n) is 2.94. The molecule has 162 valence electrons. The van der Waals surface area contributed by atoms with Gasteiger partial charge in [0.2, 0.25) is 5.91 Å². The van der Waals surface area contributed by atoms with Gasteiger partial charge in [-0.05, 0) is 41.0 Å². The molecular formula is C27H25NO4. The summed E-state index contributed by atoms with van der Waals surface area (Å²) in [4.78, 5) is 24.7. The van der Waals surface area contributed by atoms with E-state index in [1.165, 1.54) is 12.2 Å². The maximum atomic E-state index is 12.4. The predicted octanol–water partition coefficient (Wildman–Crippen LogP) is 4.82. The van der Waals surface area contributed by atoms with Crippen molar-refractivity contribution in [2.75, 3.05) is 13.7 Å². The Morgan fingerprint density at radius 1 is 0.812 bits per heavy atom. The third-order valence-electron chi connectivity index (χ3n) is 4.65. The minimum Gasteiger partial charge on any atom is -0.497 e. The van der Waals surface area contributed by atoms with E-state index in [1.54, 1.807) is 31.4 Å². The lowest BCUT2D eigenvalue weighted by Gasteiger charge is -2.18. The van der Waals surface area contributed by atoms with Gasteiger partial charge in [-0.25, -0.2) is 4.79 Å². The Morgan fingerprint density at radius 2 is 1.38 bits per heavy atom. The topological polar surface area (TPSA) is 64.6 Å². The number of rotatable bonds is 9. The minimum atomic E-state index is -0.650. The summed E-state index contributed by atoms with van der Waals surface area (Å²) in [6, 6.07) is 26.2. The van der Waals surface area contributed by atoms with Crippen LogP contribution in [-0.4, -0.2) is 25.5 Å². The highest BCUT2D eigenvalue weighted by Crippen LogP contribution is 2.21. The van der Waals surface area contributed by atoms with Crippen LogP contribution in [0.2, 0.25) is 0 Å². The molecule has 0 saturated heterocycles. The number of esters is 1. The third-order valence-corrected chi connectivity index (χ3v) is 4.65. The van der Waals surface area contributed by atoms with Crippen molar-refractivity contribution in [3.8, 4) is 5.75 Å². The molecule has 5 nitrogen and oxygen atoms in total. The quantitative estimate of drug-likeness (QED) is 0.393. The Labute approximate surface area is 188 Å². The van der Waals surface area contributed by atoms with Crippen molar-refractivity contribution in [2.45, 2.75) is 6.10 Å². The molecule has 0 heterocycles. The number of amides is 1. The lowest BCUT2D eigenvalue weighted by Crippen LogP contribution is -2.29. The summed E-state index contributed by atoms with van der Waals surface area (Å²) < 4.78 is 10.8. The van der Waals surface area contributed by atoms with E-state index in [-0.39, 0.29) is 12.5 Å². The van der Waals surface area contributed by atoms with Gasteiger partial charge < -0.3 is 14.8 Å². The Balaban J connectivity index is 1.66. The molecular weight excluding hydrogens is 402 g/mol. The monoisotopic (exact) mass is 427 g/mol. The first-order chi connectivity index (χ1) is 15.6. The average molecular weight is 428 g/mol. The summed E-state index contributed by atoms with van der Waals surface area (Å²) in [5.74, 6) is -0.0791. The number of carbonyl (C=O) groups is 2. The van der Waals surface area contributed by atoms with Gasteiger partial charge >= 0.3 is 5.97 Å². The van der Waals surface area contributed by atoms with Crippen LogP contribution in [-0.2, 0) is 14.3 Å². The van der Waals surface area contributed by atoms with Crippen molar-refractivity contribution in [2.24, 2.45) is 0 Å². The molecule has 1 amide bonds. The van der Waals surface area contributed by atoms with Crippen LogP contribution in [0.4, 0.5) is 0 Å². The summed E-state index contributed by atoms with van der Waals surface area (Å²) in [5.41, 5.74) is 2.57. The lowest BCUT2D eigenvalue weighted by atomic mass is 10.1. The molecule has 0 aromatic heterocycles. The maximum absolute atomic E-state index is 12.4. The molecule has 0 saturated carbocycles. The van der Waals surface area contributed by atoms with Crippen LogP contribution in [0.1, 0.15) is 22.8 Å². The van der Waals surface area contributed by atoms with E-state index >= 15 is 0 Å². The number of hydrogen-bond donors (Lipinski definition) is 1. The number of nitrogens with one attached hydrogen (secondary N) is 1. The first-order valence-electron chi connectivity index (χ1n) is 10.2. The van der Waals surface area contributed by atoms with E-state index in [4.69, 9.17) is 9.47 Å². The standard InChI is InChI=1S/C27H25NO4/c1-31-24-16-14-23(15-17-24)25(32-27(30)19-13-22-10-6-3-7-11-22)20-28-26(29)18-12-21-8-4-2-5-9-21/h2-19,25H,20H2,1H3,(H,28,29)/t25-/m0/s1. The van der Waals surface area contributed by atoms with Crippen LogP contribution >= 0.6 is 0 Å². The minimum absolute atomic E-state index is 0.134. The molecule has 32 heavy (non-hydrogen) atoms. The highest BCUT2D eigenvalue weighted by molar-refractivity contribution is 5.91. The summed E-state index contributed by atoms with van der Waals surface area (Å²) in [6.07, 6.45) is 5.60. The van der Waals surface area contributed by atoms with Crippen molar-refractivity contribution >= 4 is 24.0 Å². The van der Waals surface area contributed by atoms with Gasteiger partial charge in [0.1, 0.15) is 11.9 Å². The van der Waals surface area contributed by atoms with Crippen LogP contribution < -0.4 is 10.1 Å². The molecule has 0 bridgehead atoms. The molecule has 5 heteroatoms. The molecule has 1 N–H and O–H groups in total. The normalized spacial score (nSPS) is 11.9. The zero-order valence-electron chi connectivity index (χ0n) is 17.8. The predicted molar refractivity (Wildman–Crippen MR) is 126 cm³/mol. The molecule has 3 aromatic rings. The lowest BCUT2D eigenvalue weighted by molar-refractivity contribution is -0.143. The Bertz CT molecular complexity index is 1060. The summed E-state index contributed by atoms with van der Waals surface area (Å²) in [5, 5.41) is 2.80. The van der Waals surface area contributed by atoms with Crippen LogP contribution in [0.5, 0.6) is 5.75 Å². The number of carbonyl (C=O) groups excluding carboxylic acids is 2. The van der Waals surface area contributed by atoms with Crippen LogP contribution in [0, 0.1) is 0 Å². The van der Waals surface area contributed by atoms with E-state index in [9.17, 15) is 9.59 Å². The second kappa shape index (κ2) is 11.9. The van der Waals surface area contributed by atoms with Gasteiger partial charge in [0.25, 0.3) is 0 Å². The van der Waals surface area contributed by atoms with Crippen LogP contribution in [0.3, 0.4) is 0 Å². The third kappa shape index (κ3) is 7.29. The van der Waals surface area contributed by atoms with Gasteiger partial charge in [0, 0.05) is 12.2 Å². The summed E-state index contributed by atoms with van der Waals surface area (Å²) in [6.45, 7) is 0.134. The zero-order valence-corrected chi connectivity index (χ0v) is 17.8. The van der Waals surface area contributed by atoms with Crippen LogP contribution in [0.15, 0.2) is 97.1 Å². The highest BCUT2D eigenvalue weighted by atomic mass is 16.5. The molecule has 0 unspecified atom stereocenters. The smallest absolute Gasteiger partial charge is 0.331 e. The number of hydrogen-bond acceptors (Lipinski definition) is 4. The molecule has 3 rings (SSSR count). The van der Waals surface area contributed by atoms with Gasteiger partial charge in [-0.3, -0.25) is 4.79 Å². The number of ether oxygens (including phenoxy) is 2. The SMILES string of the molecule is COc1ccc([C@H](CNC(=O)C=Cc2ccccc2)OC(=O)C=Cc2ccccc2)cc1. The fourth-order valence-corrected chi connectivity index (χ4v) is 2.94. The average Bonchev–Trinajstić information content (AvgIpc) is 2.85. The van der Waals surface area contributed by atoms with Crippen molar-refractivity contribution in [1.82, 2.24) is 5.32 Å². The van der Waals surface area contributed by atoms with Gasteiger partial charge in [0.05, 0.1) is 13.7 Å². The van der Waals surface area contributed by atoms with Gasteiger partial charge in [-0.2, -0.15) is 0 Å². The fraction of sp³-hybridized carbons (Fsp3) is 0.111. The van der Waals surface area contributed by atoms with Gasteiger partial charge in [0.15, 0.2) is 0 Å². The van der Waals surface area contributed by atoms with E-state index < -0.39 is 12.1 Å². The van der Waals surface area contributed by atoms with Crippen molar-refractivity contribution in [3.63, 3.8) is 0 Å². The van der Waals surface area contributed by atoms with Gasteiger partial charge in [-0.15, -0.1) is 0 Å². The second-order valence-corrected chi connectivity index (χ2v) is 6.93. The zero-order chi connectivity index (χ0) is 22.6. The summed E-state index contributed by atoms with van der Waals surface area (Å²) in [7, 11) is 1.58. The van der Waals surface area contributed by atoms with Crippen molar-refractivity contribution < 1.29 is 19.1 Å². The number of benzene rings is 3. The number of methoxy groups -OCH3 is 1. The van der Waals surface area contributed by atoms with E-state index in [0.717, 1.165) is 16.7 Å². The molecule has 0 aliphatic rings. The molecule has 0 fully saturated rings. The van der Waals surface area contributed by atoms with Crippen LogP contribution in [0.25, 0.3) is 12.2 Å². The van der Waals surface area contributed by atoms with E-state index in [0.29, 0.717) is 5.75 Å². The van der Waals surface area contributed by atoms with Crippen molar-refractivity contribution in [3.05, 3.63) is 114 Å². The molecule has 0 aliphatic carbocycles. The Hall–Kier alpha value is -4.12. The highest BCUT2D eigenvalue weighted by Gasteiger charge is 2.16. The Kier molecular flexibility index (Phi) is 8.40. The first kappa shape index (κ1) is 22.6. The molecule has 0 aliphatic heterocycles. The second-order valence-electron chi connectivity index (χ2n) is 6.93. The molecule has 0 spiro atoms. The first-order valence-corrected chi connectivity index (χ1v) is 10.2. The molecule has 3 aromatic carbocycles. The summed E-state index contributed by atoms with van der Waals surface area (Å²) >= 11 is 0. The van der Waals surface area contributed by atoms with E-state index in [1.807, 2.05) is 72.8 Å². The maximum Gasteiger partial charge on any atom is 0.331 e.